The summed E-state index contributed by atoms with van der Waals surface area (Å²) in [5.74, 6) is -0.381. The zero-order valence-electron chi connectivity index (χ0n) is 13.5. The number of benzene rings is 1. The molecule has 0 atom stereocenters. The Morgan fingerprint density at radius 1 is 1.30 bits per heavy atom. The highest BCUT2D eigenvalue weighted by atomic mass is 35.5. The molecule has 0 aromatic heterocycles. The van der Waals surface area contributed by atoms with Crippen molar-refractivity contribution in [2.24, 2.45) is 0 Å². The van der Waals surface area contributed by atoms with Crippen LogP contribution in [0.4, 0.5) is 0 Å². The first-order valence-electron chi connectivity index (χ1n) is 7.17. The molecular weight excluding hydrogens is 322 g/mol. The number of hydrogen-bond acceptors (Lipinski definition) is 5. The van der Waals surface area contributed by atoms with E-state index in [1.807, 2.05) is 0 Å². The maximum Gasteiger partial charge on any atom is 0.307 e. The predicted molar refractivity (Wildman–Crippen MR) is 86.5 cm³/mol. The molecule has 128 valence electrons. The summed E-state index contributed by atoms with van der Waals surface area (Å²) in [7, 11) is 1.28. The minimum atomic E-state index is -0.824. The molecule has 1 amide bonds. The van der Waals surface area contributed by atoms with Crippen molar-refractivity contribution in [3.05, 3.63) is 29.3 Å². The van der Waals surface area contributed by atoms with Gasteiger partial charge in [-0.2, -0.15) is 0 Å². The summed E-state index contributed by atoms with van der Waals surface area (Å²) < 4.78 is 10.0. The van der Waals surface area contributed by atoms with E-state index in [0.717, 1.165) is 0 Å². The molecule has 0 aliphatic heterocycles. The summed E-state index contributed by atoms with van der Waals surface area (Å²) in [6, 6.07) is 6.83. The molecule has 7 heteroatoms. The van der Waals surface area contributed by atoms with Gasteiger partial charge in [-0.05, 0) is 26.0 Å². The van der Waals surface area contributed by atoms with E-state index in [1.54, 1.807) is 38.1 Å². The van der Waals surface area contributed by atoms with Crippen LogP contribution in [0.1, 0.15) is 20.3 Å². The third-order valence-corrected chi connectivity index (χ3v) is 3.69. The molecule has 0 unspecified atom stereocenters. The molecule has 0 saturated heterocycles. The third-order valence-electron chi connectivity index (χ3n) is 3.37. The zero-order chi connectivity index (χ0) is 17.5. The van der Waals surface area contributed by atoms with Gasteiger partial charge in [-0.3, -0.25) is 9.59 Å². The van der Waals surface area contributed by atoms with Gasteiger partial charge in [0.15, 0.2) is 6.61 Å². The lowest BCUT2D eigenvalue weighted by molar-refractivity contribution is -0.145. The van der Waals surface area contributed by atoms with E-state index in [9.17, 15) is 14.7 Å². The lowest BCUT2D eigenvalue weighted by Gasteiger charge is -2.37. The molecule has 6 nitrogen and oxygen atoms in total. The van der Waals surface area contributed by atoms with Gasteiger partial charge in [0.25, 0.3) is 5.91 Å². The molecule has 0 spiro atoms. The maximum atomic E-state index is 12.4. The highest BCUT2D eigenvalue weighted by molar-refractivity contribution is 6.32. The number of hydrogen-bond donors (Lipinski definition) is 1. The average molecular weight is 344 g/mol. The lowest BCUT2D eigenvalue weighted by atomic mass is 10.0. The molecule has 1 rings (SSSR count). The first-order chi connectivity index (χ1) is 10.8. The molecule has 0 heterocycles. The summed E-state index contributed by atoms with van der Waals surface area (Å²) in [6.45, 7) is 3.06. The summed E-state index contributed by atoms with van der Waals surface area (Å²) in [5, 5.41) is 9.90. The minimum Gasteiger partial charge on any atom is -0.482 e. The standard InChI is InChI=1S/C16H22ClNO5/c1-16(2,11-19)18(9-8-15(21)22-3)14(20)10-23-13-7-5-4-6-12(13)17/h4-7,19H,8-11H2,1-3H3. The van der Waals surface area contributed by atoms with Crippen molar-refractivity contribution in [2.45, 2.75) is 25.8 Å². The van der Waals surface area contributed by atoms with Crippen LogP contribution in [-0.4, -0.2) is 54.3 Å². The average Bonchev–Trinajstić information content (AvgIpc) is 2.53. The molecule has 0 bridgehead atoms. The van der Waals surface area contributed by atoms with Crippen LogP contribution < -0.4 is 4.74 Å². The van der Waals surface area contributed by atoms with Gasteiger partial charge in [-0.25, -0.2) is 0 Å². The normalized spacial score (nSPS) is 11.0. The van der Waals surface area contributed by atoms with Crippen LogP contribution in [0.25, 0.3) is 0 Å². The van der Waals surface area contributed by atoms with Crippen LogP contribution in [0.2, 0.25) is 5.02 Å². The zero-order valence-corrected chi connectivity index (χ0v) is 14.3. The number of halogens is 1. The number of aliphatic hydroxyl groups is 1. The van der Waals surface area contributed by atoms with Gasteiger partial charge in [-0.15, -0.1) is 0 Å². The summed E-state index contributed by atoms with van der Waals surface area (Å²) in [6.07, 6.45) is 0.0394. The molecule has 1 aromatic rings. The van der Waals surface area contributed by atoms with Gasteiger partial charge in [0, 0.05) is 6.54 Å². The van der Waals surface area contributed by atoms with Gasteiger partial charge in [0.1, 0.15) is 5.75 Å². The van der Waals surface area contributed by atoms with Gasteiger partial charge in [0.05, 0.1) is 30.7 Å². The molecule has 0 aliphatic carbocycles. The number of carbonyl (C=O) groups excluding carboxylic acids is 2. The topological polar surface area (TPSA) is 76.1 Å². The van der Waals surface area contributed by atoms with Crippen molar-refractivity contribution in [2.75, 3.05) is 26.9 Å². The summed E-state index contributed by atoms with van der Waals surface area (Å²) in [4.78, 5) is 25.1. The first-order valence-corrected chi connectivity index (χ1v) is 7.55. The largest absolute Gasteiger partial charge is 0.482 e. The Morgan fingerprint density at radius 2 is 1.96 bits per heavy atom. The van der Waals surface area contributed by atoms with E-state index in [2.05, 4.69) is 4.74 Å². The number of nitrogens with zero attached hydrogens (tertiary/aromatic N) is 1. The van der Waals surface area contributed by atoms with Gasteiger partial charge in [-0.1, -0.05) is 23.7 Å². The van der Waals surface area contributed by atoms with Crippen molar-refractivity contribution < 1.29 is 24.2 Å². The first kappa shape index (κ1) is 19.3. The Kier molecular flexibility index (Phi) is 7.32. The van der Waals surface area contributed by atoms with Crippen LogP contribution >= 0.6 is 11.6 Å². The van der Waals surface area contributed by atoms with Crippen molar-refractivity contribution in [3.63, 3.8) is 0 Å². The lowest BCUT2D eigenvalue weighted by Crippen LogP contribution is -2.52. The minimum absolute atomic E-state index is 0.0394. The molecule has 1 aromatic carbocycles. The molecule has 1 N–H and O–H groups in total. The molecule has 0 radical (unpaired) electrons. The number of aliphatic hydroxyl groups excluding tert-OH is 1. The third kappa shape index (κ3) is 5.73. The quantitative estimate of drug-likeness (QED) is 0.729. The van der Waals surface area contributed by atoms with E-state index in [1.165, 1.54) is 12.0 Å². The molecule has 0 saturated carbocycles. The fraction of sp³-hybridized carbons (Fsp3) is 0.500. The highest BCUT2D eigenvalue weighted by Gasteiger charge is 2.31. The Balaban J connectivity index is 2.75. The van der Waals surface area contributed by atoms with Gasteiger partial charge in [0.2, 0.25) is 0 Å². The predicted octanol–water partition coefficient (Wildman–Crippen LogP) is 1.88. The van der Waals surface area contributed by atoms with E-state index in [0.29, 0.717) is 10.8 Å². The number of carbonyl (C=O) groups is 2. The molecule has 0 fully saturated rings. The Hall–Kier alpha value is -1.79. The SMILES string of the molecule is COC(=O)CCN(C(=O)COc1ccccc1Cl)C(C)(C)CO. The second kappa shape index (κ2) is 8.74. The number of esters is 1. The summed E-state index contributed by atoms with van der Waals surface area (Å²) in [5.41, 5.74) is -0.824. The second-order valence-electron chi connectivity index (χ2n) is 5.56. The van der Waals surface area contributed by atoms with Crippen molar-refractivity contribution in [3.8, 4) is 5.75 Å². The van der Waals surface area contributed by atoms with Crippen LogP contribution in [0, 0.1) is 0 Å². The van der Waals surface area contributed by atoms with Gasteiger partial charge >= 0.3 is 5.97 Å². The molecule has 23 heavy (non-hydrogen) atoms. The van der Waals surface area contributed by atoms with E-state index >= 15 is 0 Å². The summed E-state index contributed by atoms with van der Waals surface area (Å²) >= 11 is 5.97. The van der Waals surface area contributed by atoms with Crippen LogP contribution in [-0.2, 0) is 14.3 Å². The highest BCUT2D eigenvalue weighted by Crippen LogP contribution is 2.23. The van der Waals surface area contributed by atoms with Crippen LogP contribution in [0.3, 0.4) is 0 Å². The van der Waals surface area contributed by atoms with Crippen LogP contribution in [0.15, 0.2) is 24.3 Å². The van der Waals surface area contributed by atoms with Crippen LogP contribution in [0.5, 0.6) is 5.75 Å². The Bertz CT molecular complexity index is 547. The number of methoxy groups -OCH3 is 1. The number of amides is 1. The second-order valence-corrected chi connectivity index (χ2v) is 5.97. The monoisotopic (exact) mass is 343 g/mol. The number of rotatable bonds is 8. The maximum absolute atomic E-state index is 12.4. The number of para-hydroxylation sites is 1. The van der Waals surface area contributed by atoms with Crippen molar-refractivity contribution >= 4 is 23.5 Å². The molecule has 0 aliphatic rings. The van der Waals surface area contributed by atoms with Crippen molar-refractivity contribution in [1.29, 1.82) is 0 Å². The Labute approximate surface area is 140 Å². The van der Waals surface area contributed by atoms with E-state index in [-0.39, 0.29) is 32.1 Å². The van der Waals surface area contributed by atoms with E-state index in [4.69, 9.17) is 16.3 Å². The molecular formula is C16H22ClNO5. The number of ether oxygens (including phenoxy) is 2. The Morgan fingerprint density at radius 3 is 2.52 bits per heavy atom. The fourth-order valence-electron chi connectivity index (χ4n) is 1.93. The smallest absolute Gasteiger partial charge is 0.307 e. The van der Waals surface area contributed by atoms with Crippen molar-refractivity contribution in [1.82, 2.24) is 4.90 Å². The van der Waals surface area contributed by atoms with E-state index < -0.39 is 11.5 Å². The fourth-order valence-corrected chi connectivity index (χ4v) is 2.12. The van der Waals surface area contributed by atoms with Gasteiger partial charge < -0.3 is 19.5 Å².